The lowest BCUT2D eigenvalue weighted by molar-refractivity contribution is -0.142. The van der Waals surface area contributed by atoms with E-state index < -0.39 is 12.0 Å². The summed E-state index contributed by atoms with van der Waals surface area (Å²) >= 11 is 0. The summed E-state index contributed by atoms with van der Waals surface area (Å²) in [5.41, 5.74) is 5.33. The van der Waals surface area contributed by atoms with Gasteiger partial charge >= 0.3 is 5.97 Å². The van der Waals surface area contributed by atoms with E-state index >= 15 is 0 Å². The van der Waals surface area contributed by atoms with Gasteiger partial charge in [0.25, 0.3) is 0 Å². The van der Waals surface area contributed by atoms with E-state index in [0.29, 0.717) is 6.54 Å². The summed E-state index contributed by atoms with van der Waals surface area (Å²) in [5.74, 6) is -1.47. The second-order valence-corrected chi connectivity index (χ2v) is 3.52. The molecule has 0 spiro atoms. The number of aliphatic hydroxyl groups excluding tert-OH is 1. The van der Waals surface area contributed by atoms with Crippen molar-refractivity contribution in [2.45, 2.75) is 25.8 Å². The third kappa shape index (κ3) is 6.03. The minimum Gasteiger partial charge on any atom is -0.480 e. The summed E-state index contributed by atoms with van der Waals surface area (Å²) in [6, 6.07) is -1.02. The molecule has 2 atom stereocenters. The van der Waals surface area contributed by atoms with Crippen LogP contribution in [0.1, 0.15) is 19.8 Å². The standard InChI is InChI=1S/C9H18N2O4/c1-6(5-10)4-8(13)11-7(2-3-12)9(14)15/h6-7,12H,2-5,10H2,1H3,(H,11,13)(H,14,15). The van der Waals surface area contributed by atoms with Crippen molar-refractivity contribution in [3.8, 4) is 0 Å². The lowest BCUT2D eigenvalue weighted by Crippen LogP contribution is -2.42. The van der Waals surface area contributed by atoms with E-state index in [-0.39, 0.29) is 31.3 Å². The van der Waals surface area contributed by atoms with Crippen molar-refractivity contribution in [2.75, 3.05) is 13.2 Å². The van der Waals surface area contributed by atoms with Crippen LogP contribution in [0.3, 0.4) is 0 Å². The van der Waals surface area contributed by atoms with Gasteiger partial charge in [0.15, 0.2) is 0 Å². The molecule has 0 fully saturated rings. The maximum Gasteiger partial charge on any atom is 0.326 e. The number of rotatable bonds is 7. The molecule has 1 amide bonds. The van der Waals surface area contributed by atoms with Crippen LogP contribution in [0.2, 0.25) is 0 Å². The Hall–Kier alpha value is -1.14. The van der Waals surface area contributed by atoms with Gasteiger partial charge in [0.1, 0.15) is 6.04 Å². The fraction of sp³-hybridized carbons (Fsp3) is 0.778. The van der Waals surface area contributed by atoms with Gasteiger partial charge in [-0.3, -0.25) is 4.79 Å². The first-order valence-corrected chi connectivity index (χ1v) is 4.84. The molecule has 0 aliphatic rings. The highest BCUT2D eigenvalue weighted by Crippen LogP contribution is 2.00. The van der Waals surface area contributed by atoms with Crippen LogP contribution in [0.25, 0.3) is 0 Å². The van der Waals surface area contributed by atoms with Gasteiger partial charge in [0.2, 0.25) is 5.91 Å². The first kappa shape index (κ1) is 13.9. The van der Waals surface area contributed by atoms with Gasteiger partial charge < -0.3 is 21.3 Å². The van der Waals surface area contributed by atoms with E-state index in [1.807, 2.05) is 0 Å². The summed E-state index contributed by atoms with van der Waals surface area (Å²) in [5, 5.41) is 19.6. The molecule has 6 heteroatoms. The molecule has 0 aromatic heterocycles. The smallest absolute Gasteiger partial charge is 0.326 e. The number of carbonyl (C=O) groups excluding carboxylic acids is 1. The molecule has 0 saturated carbocycles. The molecule has 2 unspecified atom stereocenters. The Morgan fingerprint density at radius 1 is 1.47 bits per heavy atom. The Morgan fingerprint density at radius 3 is 2.47 bits per heavy atom. The van der Waals surface area contributed by atoms with Crippen molar-refractivity contribution in [3.05, 3.63) is 0 Å². The van der Waals surface area contributed by atoms with Crippen LogP contribution in [0, 0.1) is 5.92 Å². The average molecular weight is 218 g/mol. The van der Waals surface area contributed by atoms with Gasteiger partial charge in [0.05, 0.1) is 0 Å². The van der Waals surface area contributed by atoms with Crippen LogP contribution in [0.4, 0.5) is 0 Å². The number of carboxylic acids is 1. The summed E-state index contributed by atoms with van der Waals surface area (Å²) < 4.78 is 0. The van der Waals surface area contributed by atoms with Crippen LogP contribution in [-0.4, -0.2) is 41.3 Å². The monoisotopic (exact) mass is 218 g/mol. The molecule has 0 aromatic rings. The van der Waals surface area contributed by atoms with Crippen LogP contribution in [0.5, 0.6) is 0 Å². The predicted molar refractivity (Wildman–Crippen MR) is 54.1 cm³/mol. The topological polar surface area (TPSA) is 113 Å². The van der Waals surface area contributed by atoms with Gasteiger partial charge in [-0.05, 0) is 12.5 Å². The predicted octanol–water partition coefficient (Wildman–Crippen LogP) is -1.08. The van der Waals surface area contributed by atoms with Crippen LogP contribution < -0.4 is 11.1 Å². The van der Waals surface area contributed by atoms with E-state index in [1.54, 1.807) is 6.92 Å². The van der Waals surface area contributed by atoms with Crippen LogP contribution in [0.15, 0.2) is 0 Å². The van der Waals surface area contributed by atoms with Crippen LogP contribution in [-0.2, 0) is 9.59 Å². The van der Waals surface area contributed by atoms with Gasteiger partial charge in [-0.2, -0.15) is 0 Å². The molecule has 0 radical (unpaired) electrons. The van der Waals surface area contributed by atoms with Gasteiger partial charge in [-0.1, -0.05) is 6.92 Å². The molecule has 0 aliphatic carbocycles. The molecular weight excluding hydrogens is 200 g/mol. The molecule has 0 heterocycles. The Labute approximate surface area is 88.5 Å². The lowest BCUT2D eigenvalue weighted by Gasteiger charge is -2.14. The van der Waals surface area contributed by atoms with E-state index in [2.05, 4.69) is 5.32 Å². The number of hydrogen-bond donors (Lipinski definition) is 4. The molecule has 88 valence electrons. The highest BCUT2D eigenvalue weighted by molar-refractivity contribution is 5.83. The van der Waals surface area contributed by atoms with Crippen molar-refractivity contribution < 1.29 is 19.8 Å². The largest absolute Gasteiger partial charge is 0.480 e. The molecule has 0 rings (SSSR count). The molecule has 5 N–H and O–H groups in total. The molecular formula is C9H18N2O4. The number of hydrogen-bond acceptors (Lipinski definition) is 4. The molecule has 0 bridgehead atoms. The zero-order chi connectivity index (χ0) is 11.8. The maximum atomic E-state index is 11.3. The molecule has 6 nitrogen and oxygen atoms in total. The quantitative estimate of drug-likeness (QED) is 0.434. The van der Waals surface area contributed by atoms with E-state index in [9.17, 15) is 9.59 Å². The number of carboxylic acid groups (broad SMARTS) is 1. The number of amides is 1. The third-order valence-electron chi connectivity index (χ3n) is 1.99. The Balaban J connectivity index is 4.05. The Morgan fingerprint density at radius 2 is 2.07 bits per heavy atom. The SMILES string of the molecule is CC(CN)CC(=O)NC(CCO)C(=O)O. The number of nitrogens with two attached hydrogens (primary N) is 1. The van der Waals surface area contributed by atoms with Gasteiger partial charge in [-0.15, -0.1) is 0 Å². The third-order valence-corrected chi connectivity index (χ3v) is 1.99. The van der Waals surface area contributed by atoms with E-state index in [4.69, 9.17) is 15.9 Å². The van der Waals surface area contributed by atoms with Crippen molar-refractivity contribution in [3.63, 3.8) is 0 Å². The van der Waals surface area contributed by atoms with Crippen molar-refractivity contribution >= 4 is 11.9 Å². The number of nitrogens with one attached hydrogen (secondary N) is 1. The van der Waals surface area contributed by atoms with Crippen molar-refractivity contribution in [1.82, 2.24) is 5.32 Å². The Kier molecular flexibility index (Phi) is 6.64. The molecule has 0 aromatic carbocycles. The normalized spacial score (nSPS) is 14.3. The number of carbonyl (C=O) groups is 2. The first-order valence-electron chi connectivity index (χ1n) is 4.84. The molecule has 15 heavy (non-hydrogen) atoms. The summed E-state index contributed by atoms with van der Waals surface area (Å²) in [4.78, 5) is 21.9. The first-order chi connectivity index (χ1) is 7.01. The fourth-order valence-corrected chi connectivity index (χ4v) is 1.04. The number of aliphatic carboxylic acids is 1. The van der Waals surface area contributed by atoms with E-state index in [0.717, 1.165) is 0 Å². The maximum absolute atomic E-state index is 11.3. The summed E-state index contributed by atoms with van der Waals surface area (Å²) in [6.07, 6.45) is 0.212. The van der Waals surface area contributed by atoms with Gasteiger partial charge in [-0.25, -0.2) is 4.79 Å². The zero-order valence-electron chi connectivity index (χ0n) is 8.77. The van der Waals surface area contributed by atoms with Crippen molar-refractivity contribution in [2.24, 2.45) is 11.7 Å². The highest BCUT2D eigenvalue weighted by atomic mass is 16.4. The number of aliphatic hydroxyl groups is 1. The second-order valence-electron chi connectivity index (χ2n) is 3.52. The Bertz CT molecular complexity index is 220. The average Bonchev–Trinajstić information content (AvgIpc) is 2.16. The lowest BCUT2D eigenvalue weighted by atomic mass is 10.1. The molecule has 0 saturated heterocycles. The molecule has 0 aliphatic heterocycles. The van der Waals surface area contributed by atoms with E-state index in [1.165, 1.54) is 0 Å². The second kappa shape index (κ2) is 7.19. The zero-order valence-corrected chi connectivity index (χ0v) is 8.77. The van der Waals surface area contributed by atoms with Crippen LogP contribution >= 0.6 is 0 Å². The van der Waals surface area contributed by atoms with Crippen molar-refractivity contribution in [1.29, 1.82) is 0 Å². The van der Waals surface area contributed by atoms with Gasteiger partial charge in [0, 0.05) is 19.4 Å². The minimum absolute atomic E-state index is 0.0120. The fourth-order valence-electron chi connectivity index (χ4n) is 1.04. The highest BCUT2D eigenvalue weighted by Gasteiger charge is 2.19. The minimum atomic E-state index is -1.14. The summed E-state index contributed by atoms with van der Waals surface area (Å²) in [6.45, 7) is 1.91. The summed E-state index contributed by atoms with van der Waals surface area (Å²) in [7, 11) is 0.